The third-order valence-electron chi connectivity index (χ3n) is 4.78. The number of anilines is 1. The molecule has 30 heavy (non-hydrogen) atoms. The van der Waals surface area contributed by atoms with Crippen LogP contribution in [0, 0.1) is 5.82 Å². The fourth-order valence-electron chi connectivity index (χ4n) is 3.26. The number of halogens is 1. The van der Waals surface area contributed by atoms with Gasteiger partial charge in [-0.25, -0.2) is 4.39 Å². The van der Waals surface area contributed by atoms with Crippen molar-refractivity contribution >= 4 is 34.4 Å². The molecule has 4 rings (SSSR count). The minimum atomic E-state index is -0.418. The summed E-state index contributed by atoms with van der Waals surface area (Å²) >= 11 is 0. The van der Waals surface area contributed by atoms with Gasteiger partial charge in [-0.3, -0.25) is 9.59 Å². The lowest BCUT2D eigenvalue weighted by atomic mass is 10.1. The van der Waals surface area contributed by atoms with E-state index >= 15 is 0 Å². The average Bonchev–Trinajstić information content (AvgIpc) is 3.17. The lowest BCUT2D eigenvalue weighted by Crippen LogP contribution is -2.15. The fraction of sp³-hybridized carbons (Fsp3) is 0.0400. The Kier molecular flexibility index (Phi) is 5.52. The van der Waals surface area contributed by atoms with Gasteiger partial charge in [-0.15, -0.1) is 0 Å². The first-order chi connectivity index (χ1) is 14.6. The molecule has 0 aliphatic heterocycles. The summed E-state index contributed by atoms with van der Waals surface area (Å²) in [7, 11) is 0. The number of allylic oxidation sites excluding steroid dienone is 1. The summed E-state index contributed by atoms with van der Waals surface area (Å²) in [4.78, 5) is 28.0. The van der Waals surface area contributed by atoms with Crippen LogP contribution in [0.25, 0.3) is 17.0 Å². The highest BCUT2D eigenvalue weighted by Gasteiger charge is 2.10. The van der Waals surface area contributed by atoms with E-state index in [-0.39, 0.29) is 18.1 Å². The average molecular weight is 398 g/mol. The first kappa shape index (κ1) is 19.3. The second-order valence-electron chi connectivity index (χ2n) is 6.88. The van der Waals surface area contributed by atoms with Crippen LogP contribution in [0.2, 0.25) is 0 Å². The minimum Gasteiger partial charge on any atom is -0.361 e. The molecule has 0 aliphatic carbocycles. The van der Waals surface area contributed by atoms with Crippen LogP contribution < -0.4 is 5.32 Å². The van der Waals surface area contributed by atoms with E-state index in [4.69, 9.17) is 0 Å². The highest BCUT2D eigenvalue weighted by atomic mass is 19.1. The van der Waals surface area contributed by atoms with Crippen molar-refractivity contribution in [3.05, 3.63) is 108 Å². The Labute approximate surface area is 173 Å². The number of ketones is 1. The van der Waals surface area contributed by atoms with Crippen molar-refractivity contribution in [2.45, 2.75) is 6.42 Å². The van der Waals surface area contributed by atoms with Crippen LogP contribution in [0.1, 0.15) is 21.5 Å². The summed E-state index contributed by atoms with van der Waals surface area (Å²) in [5, 5.41) is 3.76. The molecular weight excluding hydrogens is 379 g/mol. The summed E-state index contributed by atoms with van der Waals surface area (Å²) in [6.45, 7) is 0. The number of carbonyl (C=O) groups excluding carboxylic acids is 2. The minimum absolute atomic E-state index is 0.0781. The first-order valence-corrected chi connectivity index (χ1v) is 9.52. The number of amides is 1. The molecule has 2 N–H and O–H groups in total. The lowest BCUT2D eigenvalue weighted by Gasteiger charge is -2.07. The van der Waals surface area contributed by atoms with Crippen LogP contribution in [-0.4, -0.2) is 16.7 Å². The maximum atomic E-state index is 13.7. The molecule has 0 fully saturated rings. The molecule has 0 saturated heterocycles. The number of para-hydroxylation sites is 1. The van der Waals surface area contributed by atoms with Gasteiger partial charge in [0.1, 0.15) is 5.82 Å². The van der Waals surface area contributed by atoms with Gasteiger partial charge in [0.05, 0.1) is 6.42 Å². The monoisotopic (exact) mass is 398 g/mol. The first-order valence-electron chi connectivity index (χ1n) is 9.52. The van der Waals surface area contributed by atoms with Gasteiger partial charge in [0, 0.05) is 28.4 Å². The van der Waals surface area contributed by atoms with Gasteiger partial charge in [0.15, 0.2) is 5.78 Å². The summed E-state index contributed by atoms with van der Waals surface area (Å²) < 4.78 is 13.7. The van der Waals surface area contributed by atoms with Gasteiger partial charge in [-0.05, 0) is 47.5 Å². The third-order valence-corrected chi connectivity index (χ3v) is 4.78. The predicted molar refractivity (Wildman–Crippen MR) is 117 cm³/mol. The van der Waals surface area contributed by atoms with Crippen LogP contribution in [0.5, 0.6) is 0 Å². The normalized spacial score (nSPS) is 11.1. The molecule has 1 heterocycles. The van der Waals surface area contributed by atoms with Crippen LogP contribution in [0.4, 0.5) is 10.1 Å². The number of H-pyrrole nitrogens is 1. The van der Waals surface area contributed by atoms with Crippen molar-refractivity contribution in [2.24, 2.45) is 0 Å². The number of aromatic nitrogens is 1. The van der Waals surface area contributed by atoms with E-state index in [1.165, 1.54) is 12.1 Å². The zero-order chi connectivity index (χ0) is 20.9. The molecule has 0 spiro atoms. The largest absolute Gasteiger partial charge is 0.361 e. The molecule has 0 saturated carbocycles. The molecule has 0 aliphatic rings. The number of aromatic amines is 1. The molecular formula is C25H19FN2O2. The quantitative estimate of drug-likeness (QED) is 0.338. The van der Waals surface area contributed by atoms with Crippen molar-refractivity contribution in [2.75, 3.05) is 5.32 Å². The molecule has 5 heteroatoms. The molecule has 3 aromatic carbocycles. The Bertz CT molecular complexity index is 1260. The van der Waals surface area contributed by atoms with E-state index in [0.717, 1.165) is 16.5 Å². The highest BCUT2D eigenvalue weighted by molar-refractivity contribution is 6.08. The summed E-state index contributed by atoms with van der Waals surface area (Å²) in [6.07, 6.45) is 5.06. The van der Waals surface area contributed by atoms with Gasteiger partial charge < -0.3 is 10.3 Å². The molecule has 4 nitrogen and oxygen atoms in total. The number of nitrogens with one attached hydrogen (secondary N) is 2. The maximum Gasteiger partial charge on any atom is 0.228 e. The molecule has 0 bridgehead atoms. The molecule has 0 radical (unpaired) electrons. The Morgan fingerprint density at radius 1 is 0.967 bits per heavy atom. The Morgan fingerprint density at radius 3 is 2.63 bits per heavy atom. The number of rotatable bonds is 6. The van der Waals surface area contributed by atoms with Crippen molar-refractivity contribution in [3.8, 4) is 0 Å². The molecule has 1 aromatic heterocycles. The zero-order valence-electron chi connectivity index (χ0n) is 16.1. The van der Waals surface area contributed by atoms with Gasteiger partial charge >= 0.3 is 0 Å². The second-order valence-corrected chi connectivity index (χ2v) is 6.88. The van der Waals surface area contributed by atoms with E-state index in [9.17, 15) is 14.0 Å². The van der Waals surface area contributed by atoms with E-state index in [1.54, 1.807) is 48.5 Å². The van der Waals surface area contributed by atoms with Gasteiger partial charge in [0.25, 0.3) is 0 Å². The van der Waals surface area contributed by atoms with Gasteiger partial charge in [-0.1, -0.05) is 48.5 Å². The van der Waals surface area contributed by atoms with E-state index in [2.05, 4.69) is 10.3 Å². The summed E-state index contributed by atoms with van der Waals surface area (Å²) in [5.74, 6) is -0.941. The number of hydrogen-bond acceptors (Lipinski definition) is 2. The number of carbonyl (C=O) groups is 2. The topological polar surface area (TPSA) is 62.0 Å². The molecule has 0 unspecified atom stereocenters. The number of fused-ring (bicyclic) bond motifs is 1. The molecule has 1 amide bonds. The third kappa shape index (κ3) is 4.36. The van der Waals surface area contributed by atoms with Crippen molar-refractivity contribution in [1.29, 1.82) is 0 Å². The van der Waals surface area contributed by atoms with Gasteiger partial charge in [-0.2, -0.15) is 0 Å². The van der Waals surface area contributed by atoms with Crippen molar-refractivity contribution in [3.63, 3.8) is 0 Å². The Morgan fingerprint density at radius 2 is 1.77 bits per heavy atom. The van der Waals surface area contributed by atoms with Crippen molar-refractivity contribution < 1.29 is 14.0 Å². The second kappa shape index (κ2) is 8.57. The SMILES string of the molecule is O=C(Cc1ccccc1F)Nc1cccc(C(=O)/C=C/c2c[nH]c3ccccc23)c1. The Hall–Kier alpha value is -3.99. The molecule has 0 atom stereocenters. The zero-order valence-corrected chi connectivity index (χ0v) is 16.1. The number of benzene rings is 3. The van der Waals surface area contributed by atoms with Crippen LogP contribution in [0.3, 0.4) is 0 Å². The van der Waals surface area contributed by atoms with E-state index < -0.39 is 5.82 Å². The standard InChI is InChI=1S/C25H19FN2O2/c26-22-10-3-1-6-17(22)15-25(30)28-20-8-5-7-18(14-20)24(29)13-12-19-16-27-23-11-4-2-9-21(19)23/h1-14,16,27H,15H2,(H,28,30)/b13-12+. The smallest absolute Gasteiger partial charge is 0.228 e. The Balaban J connectivity index is 1.45. The lowest BCUT2D eigenvalue weighted by molar-refractivity contribution is -0.115. The fourth-order valence-corrected chi connectivity index (χ4v) is 3.26. The molecule has 4 aromatic rings. The van der Waals surface area contributed by atoms with Crippen LogP contribution in [-0.2, 0) is 11.2 Å². The van der Waals surface area contributed by atoms with E-state index in [0.29, 0.717) is 16.8 Å². The summed E-state index contributed by atoms with van der Waals surface area (Å²) in [6, 6.07) is 20.7. The summed E-state index contributed by atoms with van der Waals surface area (Å²) in [5.41, 5.74) is 3.19. The highest BCUT2D eigenvalue weighted by Crippen LogP contribution is 2.20. The maximum absolute atomic E-state index is 13.7. The van der Waals surface area contributed by atoms with Crippen molar-refractivity contribution in [1.82, 2.24) is 4.98 Å². The predicted octanol–water partition coefficient (Wildman–Crippen LogP) is 5.38. The van der Waals surface area contributed by atoms with Crippen LogP contribution in [0.15, 0.2) is 85.1 Å². The van der Waals surface area contributed by atoms with Gasteiger partial charge in [0.2, 0.25) is 5.91 Å². The number of hydrogen-bond donors (Lipinski definition) is 2. The molecule has 148 valence electrons. The van der Waals surface area contributed by atoms with E-state index in [1.807, 2.05) is 30.5 Å². The van der Waals surface area contributed by atoms with Crippen LogP contribution >= 0.6 is 0 Å².